The van der Waals surface area contributed by atoms with Gasteiger partial charge in [0.15, 0.2) is 15.0 Å². The molecule has 0 saturated heterocycles. The van der Waals surface area contributed by atoms with E-state index in [2.05, 4.69) is 20.1 Å². The van der Waals surface area contributed by atoms with Crippen molar-refractivity contribution in [2.75, 3.05) is 0 Å². The fourth-order valence-corrected chi connectivity index (χ4v) is 0.741. The van der Waals surface area contributed by atoms with Crippen LogP contribution in [-0.2, 0) is 0 Å². The summed E-state index contributed by atoms with van der Waals surface area (Å²) in [5, 5.41) is 49.9. The van der Waals surface area contributed by atoms with E-state index in [0.29, 0.717) is 0 Å². The molecule has 0 atom stereocenters. The summed E-state index contributed by atoms with van der Waals surface area (Å²) in [4.78, 5) is 25.5. The maximum atomic E-state index is 11.0. The summed E-state index contributed by atoms with van der Waals surface area (Å²) in [6, 6.07) is 0. The molecule has 0 spiro atoms. The standard InChI is InChI=1S/C3HN7O8/c11-7(3(9(14)15)10(16)17)4-1-2(8(12)13)6-18-5-1/h3H. The van der Waals surface area contributed by atoms with E-state index < -0.39 is 37.6 Å². The molecule has 96 valence electrons. The molecule has 0 fully saturated rings. The molecule has 1 aromatic rings. The van der Waals surface area contributed by atoms with Gasteiger partial charge in [-0.2, -0.15) is 0 Å². The Kier molecular flexibility index (Phi) is 3.36. The SMILES string of the molecule is O=[N+]([O-])c1nonc1N=[N+]([O-])C([N+](=O)[O-])[N+](=O)[O-]. The van der Waals surface area contributed by atoms with Crippen LogP contribution in [0.5, 0.6) is 0 Å². The Labute approximate surface area is 94.3 Å². The monoisotopic (exact) mass is 263 g/mol. The first-order valence-corrected chi connectivity index (χ1v) is 3.76. The number of nitro groups is 3. The number of hydrogen-bond acceptors (Lipinski definition) is 11. The lowest BCUT2D eigenvalue weighted by molar-refractivity contribution is -0.923. The summed E-state index contributed by atoms with van der Waals surface area (Å²) in [5.74, 6) is -2.13. The summed E-state index contributed by atoms with van der Waals surface area (Å²) >= 11 is 0. The Morgan fingerprint density at radius 3 is 2.06 bits per heavy atom. The second-order valence-electron chi connectivity index (χ2n) is 2.49. The molecule has 0 aliphatic carbocycles. The second kappa shape index (κ2) is 4.72. The third kappa shape index (κ3) is 2.46. The Bertz CT molecular complexity index is 519. The molecule has 15 heteroatoms. The van der Waals surface area contributed by atoms with E-state index in [9.17, 15) is 35.6 Å². The third-order valence-corrected chi connectivity index (χ3v) is 1.40. The van der Waals surface area contributed by atoms with Crippen molar-refractivity contribution in [1.29, 1.82) is 0 Å². The fraction of sp³-hybridized carbons (Fsp3) is 0.333. The maximum Gasteiger partial charge on any atom is 0.674 e. The van der Waals surface area contributed by atoms with Crippen LogP contribution < -0.4 is 0 Å². The third-order valence-electron chi connectivity index (χ3n) is 1.40. The van der Waals surface area contributed by atoms with E-state index in [1.165, 1.54) is 0 Å². The minimum absolute atomic E-state index is 0.966. The van der Waals surface area contributed by atoms with Crippen molar-refractivity contribution in [2.24, 2.45) is 5.11 Å². The number of hydrogen-bond donors (Lipinski definition) is 0. The predicted octanol–water partition coefficient (Wildman–Crippen LogP) is -0.591. The van der Waals surface area contributed by atoms with Crippen LogP contribution in [0.25, 0.3) is 0 Å². The number of azo groups is 1. The lowest BCUT2D eigenvalue weighted by Gasteiger charge is -1.97. The molecule has 0 N–H and O–H groups in total. The zero-order valence-corrected chi connectivity index (χ0v) is 7.97. The molecule has 0 aromatic carbocycles. The van der Waals surface area contributed by atoms with Crippen LogP contribution in [0.4, 0.5) is 11.6 Å². The van der Waals surface area contributed by atoms with Gasteiger partial charge in [-0.3, -0.25) is 20.2 Å². The predicted molar refractivity (Wildman–Crippen MR) is 44.4 cm³/mol. The topological polar surface area (TPSA) is 207 Å². The molecule has 0 unspecified atom stereocenters. The maximum absolute atomic E-state index is 11.0. The smallest absolute Gasteiger partial charge is 0.589 e. The molecule has 0 amide bonds. The van der Waals surface area contributed by atoms with E-state index in [1.807, 2.05) is 0 Å². The number of nitrogens with zero attached hydrogens (tertiary/aromatic N) is 7. The highest BCUT2D eigenvalue weighted by Gasteiger charge is 2.44. The fourth-order valence-electron chi connectivity index (χ4n) is 0.741. The molecular weight excluding hydrogens is 262 g/mol. The lowest BCUT2D eigenvalue weighted by atomic mass is 10.7. The summed E-state index contributed by atoms with van der Waals surface area (Å²) in [6.45, 7) is 0. The van der Waals surface area contributed by atoms with Crippen LogP contribution in [-0.4, -0.2) is 36.2 Å². The van der Waals surface area contributed by atoms with Crippen LogP contribution >= 0.6 is 0 Å². The van der Waals surface area contributed by atoms with Crippen molar-refractivity contribution < 1.29 is 24.3 Å². The first kappa shape index (κ1) is 12.8. The summed E-state index contributed by atoms with van der Waals surface area (Å²) in [6.07, 6.45) is -2.96. The van der Waals surface area contributed by atoms with E-state index in [1.54, 1.807) is 0 Å². The Morgan fingerprint density at radius 2 is 1.61 bits per heavy atom. The molecular formula is C3HN7O8. The van der Waals surface area contributed by atoms with Gasteiger partial charge in [-0.25, -0.2) is 0 Å². The van der Waals surface area contributed by atoms with Gasteiger partial charge in [0, 0.05) is 5.16 Å². The van der Waals surface area contributed by atoms with Gasteiger partial charge in [-0.15, -0.1) is 4.63 Å². The van der Waals surface area contributed by atoms with Crippen LogP contribution in [0.1, 0.15) is 0 Å². The number of aromatic nitrogens is 2. The molecule has 0 bridgehead atoms. The van der Waals surface area contributed by atoms with Gasteiger partial charge < -0.3 is 15.3 Å². The molecule has 18 heavy (non-hydrogen) atoms. The molecule has 1 heterocycles. The molecule has 0 radical (unpaired) electrons. The van der Waals surface area contributed by atoms with Gasteiger partial charge in [-0.05, 0) is 4.92 Å². The van der Waals surface area contributed by atoms with Gasteiger partial charge in [0.1, 0.15) is 0 Å². The Morgan fingerprint density at radius 1 is 1.06 bits per heavy atom. The average molecular weight is 263 g/mol. The largest absolute Gasteiger partial charge is 0.674 e. The van der Waals surface area contributed by atoms with E-state index in [0.717, 1.165) is 0 Å². The van der Waals surface area contributed by atoms with Crippen molar-refractivity contribution in [3.63, 3.8) is 0 Å². The summed E-state index contributed by atoms with van der Waals surface area (Å²) in [5.41, 5.74) is 0. The second-order valence-corrected chi connectivity index (χ2v) is 2.49. The van der Waals surface area contributed by atoms with Gasteiger partial charge in [0.2, 0.25) is 0 Å². The minimum atomic E-state index is -2.96. The Balaban J connectivity index is 3.15. The minimum Gasteiger partial charge on any atom is -0.589 e. The van der Waals surface area contributed by atoms with Gasteiger partial charge in [-0.1, -0.05) is 0 Å². The van der Waals surface area contributed by atoms with E-state index >= 15 is 0 Å². The lowest BCUT2D eigenvalue weighted by Crippen LogP contribution is -2.36. The number of rotatable bonds is 5. The quantitative estimate of drug-likeness (QED) is 0.216. The van der Waals surface area contributed by atoms with Crippen LogP contribution in [0.2, 0.25) is 0 Å². The molecule has 1 rings (SSSR count). The van der Waals surface area contributed by atoms with E-state index in [4.69, 9.17) is 0 Å². The summed E-state index contributed by atoms with van der Waals surface area (Å²) in [7, 11) is 0. The molecule has 15 nitrogen and oxygen atoms in total. The zero-order valence-electron chi connectivity index (χ0n) is 7.97. The molecule has 0 aliphatic heterocycles. The Hall–Kier alpha value is -3.26. The summed E-state index contributed by atoms with van der Waals surface area (Å²) < 4.78 is 3.87. The highest BCUT2D eigenvalue weighted by Crippen LogP contribution is 2.21. The highest BCUT2D eigenvalue weighted by molar-refractivity contribution is 5.41. The number of hydroxylamine groups is 1. The average Bonchev–Trinajstić information content (AvgIpc) is 2.63. The van der Waals surface area contributed by atoms with Crippen molar-refractivity contribution in [1.82, 2.24) is 10.3 Å². The normalized spacial score (nSPS) is 11.5. The van der Waals surface area contributed by atoms with Crippen molar-refractivity contribution in [3.8, 4) is 0 Å². The van der Waals surface area contributed by atoms with Crippen molar-refractivity contribution in [2.45, 2.75) is 6.29 Å². The molecule has 0 aliphatic rings. The van der Waals surface area contributed by atoms with Crippen LogP contribution in [0.15, 0.2) is 9.74 Å². The first-order valence-electron chi connectivity index (χ1n) is 3.76. The van der Waals surface area contributed by atoms with E-state index in [-0.39, 0.29) is 0 Å². The van der Waals surface area contributed by atoms with Gasteiger partial charge >= 0.3 is 17.9 Å². The first-order chi connectivity index (χ1) is 8.34. The van der Waals surface area contributed by atoms with Crippen LogP contribution in [0.3, 0.4) is 0 Å². The van der Waals surface area contributed by atoms with Crippen molar-refractivity contribution in [3.05, 3.63) is 35.6 Å². The van der Waals surface area contributed by atoms with Gasteiger partial charge in [0.05, 0.1) is 9.97 Å². The van der Waals surface area contributed by atoms with Gasteiger partial charge in [0.25, 0.3) is 0 Å². The highest BCUT2D eigenvalue weighted by atomic mass is 16.7. The van der Waals surface area contributed by atoms with Crippen LogP contribution in [0, 0.1) is 35.6 Å². The molecule has 1 aromatic heterocycles. The molecule has 0 saturated carbocycles. The zero-order chi connectivity index (χ0) is 13.9. The van der Waals surface area contributed by atoms with Crippen molar-refractivity contribution >= 4 is 11.6 Å².